The van der Waals surface area contributed by atoms with E-state index in [-0.39, 0.29) is 24.2 Å². The first-order valence-corrected chi connectivity index (χ1v) is 5.61. The monoisotopic (exact) mass is 274 g/mol. The Bertz CT molecular complexity index is 398. The van der Waals surface area contributed by atoms with E-state index in [1.807, 2.05) is 0 Å². The van der Waals surface area contributed by atoms with Gasteiger partial charge < -0.3 is 20.5 Å². The molecule has 0 bridgehead atoms. The number of methoxy groups -OCH3 is 1. The quantitative estimate of drug-likeness (QED) is 0.777. The van der Waals surface area contributed by atoms with Crippen molar-refractivity contribution in [2.45, 2.75) is 12.7 Å². The van der Waals surface area contributed by atoms with Gasteiger partial charge in [0, 0.05) is 19.2 Å². The molecule has 1 amide bonds. The SMILES string of the molecule is COCC(CN)NC(=O)c1ccc(OC(F)F)cc1. The number of hydrogen-bond acceptors (Lipinski definition) is 4. The summed E-state index contributed by atoms with van der Waals surface area (Å²) in [6, 6.07) is 5.10. The highest BCUT2D eigenvalue weighted by atomic mass is 19.3. The molecule has 0 radical (unpaired) electrons. The molecule has 1 atom stereocenters. The number of amides is 1. The molecular weight excluding hydrogens is 258 g/mol. The lowest BCUT2D eigenvalue weighted by molar-refractivity contribution is -0.0498. The largest absolute Gasteiger partial charge is 0.435 e. The number of hydrogen-bond donors (Lipinski definition) is 2. The van der Waals surface area contributed by atoms with Gasteiger partial charge in [0.2, 0.25) is 0 Å². The topological polar surface area (TPSA) is 73.6 Å². The summed E-state index contributed by atoms with van der Waals surface area (Å²) in [5.74, 6) is -0.352. The van der Waals surface area contributed by atoms with Crippen LogP contribution in [0.15, 0.2) is 24.3 Å². The number of alkyl halides is 2. The predicted octanol–water partition coefficient (Wildman–Crippen LogP) is 0.992. The second-order valence-electron chi connectivity index (χ2n) is 3.76. The summed E-state index contributed by atoms with van der Waals surface area (Å²) < 4.78 is 33.0. The molecule has 0 spiro atoms. The van der Waals surface area contributed by atoms with Crippen LogP contribution in [0.5, 0.6) is 5.75 Å². The average molecular weight is 274 g/mol. The molecule has 7 heteroatoms. The van der Waals surface area contributed by atoms with Gasteiger partial charge in [-0.1, -0.05) is 0 Å². The fourth-order valence-electron chi connectivity index (χ4n) is 1.43. The Kier molecular flexibility index (Phi) is 6.17. The molecule has 0 aliphatic carbocycles. The van der Waals surface area contributed by atoms with Gasteiger partial charge in [0.25, 0.3) is 5.91 Å². The van der Waals surface area contributed by atoms with E-state index >= 15 is 0 Å². The highest BCUT2D eigenvalue weighted by Gasteiger charge is 2.12. The second-order valence-corrected chi connectivity index (χ2v) is 3.76. The molecule has 1 aromatic rings. The number of carbonyl (C=O) groups excluding carboxylic acids is 1. The van der Waals surface area contributed by atoms with Crippen LogP contribution in [-0.2, 0) is 4.74 Å². The molecule has 1 aromatic carbocycles. The minimum absolute atomic E-state index is 0.00110. The van der Waals surface area contributed by atoms with Crippen molar-refractivity contribution >= 4 is 5.91 Å². The van der Waals surface area contributed by atoms with Crippen molar-refractivity contribution in [2.24, 2.45) is 5.73 Å². The fraction of sp³-hybridized carbons (Fsp3) is 0.417. The van der Waals surface area contributed by atoms with Gasteiger partial charge >= 0.3 is 6.61 Å². The number of halogens is 2. The van der Waals surface area contributed by atoms with Crippen molar-refractivity contribution in [1.29, 1.82) is 0 Å². The van der Waals surface area contributed by atoms with E-state index in [2.05, 4.69) is 10.1 Å². The summed E-state index contributed by atoms with van der Waals surface area (Å²) in [7, 11) is 1.51. The van der Waals surface area contributed by atoms with E-state index < -0.39 is 6.61 Å². The van der Waals surface area contributed by atoms with Gasteiger partial charge in [0.15, 0.2) is 0 Å². The fourth-order valence-corrected chi connectivity index (χ4v) is 1.43. The van der Waals surface area contributed by atoms with Crippen molar-refractivity contribution < 1.29 is 23.0 Å². The number of benzene rings is 1. The maximum absolute atomic E-state index is 12.0. The smallest absolute Gasteiger partial charge is 0.387 e. The first-order chi connectivity index (χ1) is 9.06. The van der Waals surface area contributed by atoms with Crippen LogP contribution in [0.4, 0.5) is 8.78 Å². The zero-order valence-electron chi connectivity index (χ0n) is 10.4. The highest BCUT2D eigenvalue weighted by Crippen LogP contribution is 2.14. The standard InChI is InChI=1S/C12H16F2N2O3/c1-18-7-9(6-15)16-11(17)8-2-4-10(5-3-8)19-12(13)14/h2-5,9,12H,6-7,15H2,1H3,(H,16,17). The van der Waals surface area contributed by atoms with Crippen molar-refractivity contribution in [3.8, 4) is 5.75 Å². The van der Waals surface area contributed by atoms with Gasteiger partial charge in [-0.3, -0.25) is 4.79 Å². The highest BCUT2D eigenvalue weighted by molar-refractivity contribution is 5.94. The molecular formula is C12H16F2N2O3. The molecule has 1 rings (SSSR count). The van der Waals surface area contributed by atoms with Crippen LogP contribution in [0.25, 0.3) is 0 Å². The third-order valence-electron chi connectivity index (χ3n) is 2.33. The lowest BCUT2D eigenvalue weighted by Gasteiger charge is -2.15. The summed E-state index contributed by atoms with van der Waals surface area (Å²) in [6.07, 6.45) is 0. The maximum Gasteiger partial charge on any atom is 0.387 e. The minimum atomic E-state index is -2.89. The van der Waals surface area contributed by atoms with Gasteiger partial charge in [-0.15, -0.1) is 0 Å². The van der Waals surface area contributed by atoms with Crippen LogP contribution in [0, 0.1) is 0 Å². The van der Waals surface area contributed by atoms with Gasteiger partial charge in [0.1, 0.15) is 5.75 Å². The van der Waals surface area contributed by atoms with Crippen LogP contribution in [-0.4, -0.2) is 38.8 Å². The minimum Gasteiger partial charge on any atom is -0.435 e. The molecule has 5 nitrogen and oxygen atoms in total. The molecule has 19 heavy (non-hydrogen) atoms. The van der Waals surface area contributed by atoms with Crippen LogP contribution in [0.1, 0.15) is 10.4 Å². The molecule has 0 aromatic heterocycles. The number of carbonyl (C=O) groups is 1. The van der Waals surface area contributed by atoms with E-state index in [1.54, 1.807) is 0 Å². The molecule has 0 saturated heterocycles. The van der Waals surface area contributed by atoms with Gasteiger partial charge in [0.05, 0.1) is 12.6 Å². The Hall–Kier alpha value is -1.73. The Morgan fingerprint density at radius 3 is 2.47 bits per heavy atom. The number of nitrogens with two attached hydrogens (primary N) is 1. The lowest BCUT2D eigenvalue weighted by atomic mass is 10.2. The van der Waals surface area contributed by atoms with Crippen molar-refractivity contribution in [2.75, 3.05) is 20.3 Å². The van der Waals surface area contributed by atoms with Crippen LogP contribution in [0.2, 0.25) is 0 Å². The van der Waals surface area contributed by atoms with E-state index in [9.17, 15) is 13.6 Å². The molecule has 0 aliphatic rings. The number of nitrogens with one attached hydrogen (secondary N) is 1. The molecule has 0 fully saturated rings. The van der Waals surface area contributed by atoms with Crippen molar-refractivity contribution in [3.05, 3.63) is 29.8 Å². The summed E-state index contributed by atoms with van der Waals surface area (Å²) in [4.78, 5) is 11.8. The number of rotatable bonds is 7. The molecule has 0 heterocycles. The van der Waals surface area contributed by atoms with Gasteiger partial charge in [-0.2, -0.15) is 8.78 Å². The van der Waals surface area contributed by atoms with E-state index in [1.165, 1.54) is 31.4 Å². The van der Waals surface area contributed by atoms with Crippen molar-refractivity contribution in [1.82, 2.24) is 5.32 Å². The van der Waals surface area contributed by atoms with Gasteiger partial charge in [-0.05, 0) is 24.3 Å². The van der Waals surface area contributed by atoms with E-state index in [0.717, 1.165) is 0 Å². The van der Waals surface area contributed by atoms with Gasteiger partial charge in [-0.25, -0.2) is 0 Å². The predicted molar refractivity (Wildman–Crippen MR) is 65.3 cm³/mol. The summed E-state index contributed by atoms with van der Waals surface area (Å²) in [5, 5.41) is 2.67. The Morgan fingerprint density at radius 2 is 2.00 bits per heavy atom. The van der Waals surface area contributed by atoms with E-state index in [4.69, 9.17) is 10.5 Å². The number of ether oxygens (including phenoxy) is 2. The zero-order valence-corrected chi connectivity index (χ0v) is 10.4. The summed E-state index contributed by atoms with van der Waals surface area (Å²) in [5.41, 5.74) is 5.80. The van der Waals surface area contributed by atoms with Crippen molar-refractivity contribution in [3.63, 3.8) is 0 Å². The second kappa shape index (κ2) is 7.65. The molecule has 3 N–H and O–H groups in total. The van der Waals surface area contributed by atoms with Crippen LogP contribution >= 0.6 is 0 Å². The van der Waals surface area contributed by atoms with E-state index in [0.29, 0.717) is 12.2 Å². The molecule has 0 aliphatic heterocycles. The molecule has 0 saturated carbocycles. The third kappa shape index (κ3) is 5.19. The summed E-state index contributed by atoms with van der Waals surface area (Å²) >= 11 is 0. The first kappa shape index (κ1) is 15.3. The molecule has 1 unspecified atom stereocenters. The normalized spacial score (nSPS) is 12.3. The average Bonchev–Trinajstić information content (AvgIpc) is 2.38. The lowest BCUT2D eigenvalue weighted by Crippen LogP contribution is -2.43. The Balaban J connectivity index is 2.62. The Morgan fingerprint density at radius 1 is 1.37 bits per heavy atom. The summed E-state index contributed by atoms with van der Waals surface area (Å²) in [6.45, 7) is -2.34. The molecule has 106 valence electrons. The van der Waals surface area contributed by atoms with Crippen LogP contribution < -0.4 is 15.8 Å². The Labute approximate surface area is 109 Å². The third-order valence-corrected chi connectivity index (χ3v) is 2.33. The van der Waals surface area contributed by atoms with Crippen LogP contribution in [0.3, 0.4) is 0 Å². The first-order valence-electron chi connectivity index (χ1n) is 5.61. The zero-order chi connectivity index (χ0) is 14.3. The maximum atomic E-state index is 12.0.